The van der Waals surface area contributed by atoms with Crippen LogP contribution in [0.25, 0.3) is 0 Å². The summed E-state index contributed by atoms with van der Waals surface area (Å²) >= 11 is 12.5. The first-order valence-electron chi connectivity index (χ1n) is 3.62. The van der Waals surface area contributed by atoms with Gasteiger partial charge in [-0.25, -0.2) is 0 Å². The Balaban J connectivity index is 2.11. The van der Waals surface area contributed by atoms with Crippen LogP contribution in [-0.4, -0.2) is 25.6 Å². The van der Waals surface area contributed by atoms with E-state index in [9.17, 15) is 0 Å². The van der Waals surface area contributed by atoms with Gasteiger partial charge in [-0.2, -0.15) is 25.3 Å². The van der Waals surface area contributed by atoms with Crippen LogP contribution in [0.1, 0.15) is 6.42 Å². The highest BCUT2D eigenvalue weighted by Gasteiger charge is 2.29. The summed E-state index contributed by atoms with van der Waals surface area (Å²) in [4.78, 5) is 0. The third-order valence-corrected chi connectivity index (χ3v) is 10.4. The van der Waals surface area contributed by atoms with Gasteiger partial charge in [0.05, 0.1) is 19.6 Å². The normalized spacial score (nSPS) is 30.5. The Morgan fingerprint density at radius 2 is 2.25 bits per heavy atom. The molecule has 0 aromatic carbocycles. The van der Waals surface area contributed by atoms with E-state index < -0.39 is 0 Å². The van der Waals surface area contributed by atoms with Crippen molar-refractivity contribution in [1.29, 1.82) is 0 Å². The van der Waals surface area contributed by atoms with Crippen LogP contribution in [0, 0.1) is 0 Å². The number of thiol groups is 2. The molecule has 0 saturated carbocycles. The van der Waals surface area contributed by atoms with Crippen molar-refractivity contribution >= 4 is 69.5 Å². The predicted molar refractivity (Wildman–Crippen MR) is 76.0 cm³/mol. The van der Waals surface area contributed by atoms with Crippen molar-refractivity contribution in [2.24, 2.45) is 0 Å². The fourth-order valence-electron chi connectivity index (χ4n) is 0.904. The minimum Gasteiger partial charge on any atom is -0.168 e. The molecule has 0 N–H and O–H groups in total. The highest BCUT2D eigenvalue weighted by atomic mass is 33.1. The summed E-state index contributed by atoms with van der Waals surface area (Å²) in [5, 5.41) is 3.27. The first-order valence-corrected chi connectivity index (χ1v) is 10.0. The summed E-state index contributed by atoms with van der Waals surface area (Å²) in [6.45, 7) is 0. The van der Waals surface area contributed by atoms with E-state index >= 15 is 0 Å². The second kappa shape index (κ2) is 7.40. The van der Waals surface area contributed by atoms with E-state index in [1.165, 1.54) is 17.3 Å². The Bertz CT molecular complexity index is 96.6. The smallest absolute Gasteiger partial charge is 0.166 e. The molecule has 1 heterocycles. The molecule has 2 unspecified atom stereocenters. The van der Waals surface area contributed by atoms with Gasteiger partial charge in [0.2, 0.25) is 0 Å². The molecule has 6 heteroatoms. The third-order valence-electron chi connectivity index (χ3n) is 1.45. The van der Waals surface area contributed by atoms with Crippen molar-refractivity contribution < 1.29 is 0 Å². The molecule has 1 aliphatic rings. The maximum atomic E-state index is 4.24. The van der Waals surface area contributed by atoms with Gasteiger partial charge in [-0.3, -0.25) is 0 Å². The average molecular weight is 278 g/mol. The quantitative estimate of drug-likeness (QED) is 0.351. The van der Waals surface area contributed by atoms with Gasteiger partial charge in [-0.1, -0.05) is 11.8 Å². The average Bonchev–Trinajstić information content (AvgIpc) is 2.09. The molecule has 1 rings (SSSR count). The van der Waals surface area contributed by atoms with E-state index in [1.807, 2.05) is 22.6 Å². The van der Waals surface area contributed by atoms with Crippen molar-refractivity contribution in [2.45, 2.75) is 11.0 Å². The van der Waals surface area contributed by atoms with Crippen LogP contribution in [0.5, 0.6) is 0 Å². The second-order valence-electron chi connectivity index (χ2n) is 2.19. The molecule has 0 radical (unpaired) electrons. The van der Waals surface area contributed by atoms with E-state index in [4.69, 9.17) is 0 Å². The number of hydrogen-bond donors (Lipinski definition) is 2. The molecule has 1 saturated heterocycles. The van der Waals surface area contributed by atoms with Gasteiger partial charge in [-0.15, -0.1) is 11.8 Å². The molecule has 1 aliphatic heterocycles. The lowest BCUT2D eigenvalue weighted by Gasteiger charge is -2.19. The Morgan fingerprint density at radius 3 is 2.75 bits per heavy atom. The molecule has 0 amide bonds. The summed E-state index contributed by atoms with van der Waals surface area (Å²) in [5.74, 6) is 1.39. The van der Waals surface area contributed by atoms with Crippen LogP contribution in [0.15, 0.2) is 0 Å². The fourth-order valence-corrected chi connectivity index (χ4v) is 10.1. The van der Waals surface area contributed by atoms with Crippen LogP contribution in [-0.2, 0) is 9.93 Å². The Morgan fingerprint density at radius 1 is 1.42 bits per heavy atom. The number of hydrogen-bond acceptors (Lipinski definition) is 5. The van der Waals surface area contributed by atoms with Gasteiger partial charge in [-0.05, 0) is 0 Å². The molecule has 12 heavy (non-hydrogen) atoms. The lowest BCUT2D eigenvalue weighted by Crippen LogP contribution is -2.18. The van der Waals surface area contributed by atoms with Crippen LogP contribution in [0.2, 0.25) is 0 Å². The number of thioether (sulfide) groups is 2. The van der Waals surface area contributed by atoms with Gasteiger partial charge < -0.3 is 0 Å². The van der Waals surface area contributed by atoms with Crippen molar-refractivity contribution in [3.05, 3.63) is 0 Å². The van der Waals surface area contributed by atoms with E-state index in [2.05, 4.69) is 37.0 Å². The highest BCUT2D eigenvalue weighted by Crippen LogP contribution is 2.37. The summed E-state index contributed by atoms with van der Waals surface area (Å²) in [6.07, 6.45) is 1.36. The zero-order valence-corrected chi connectivity index (χ0v) is 11.7. The minimum atomic E-state index is 0.596. The SMILES string of the molecule is SCSC1CC[S+](SCS)CS1. The lowest BCUT2D eigenvalue weighted by molar-refractivity contribution is 1.07. The predicted octanol–water partition coefficient (Wildman–Crippen LogP) is 3.18. The van der Waals surface area contributed by atoms with Crippen LogP contribution in [0.4, 0.5) is 0 Å². The summed E-state index contributed by atoms with van der Waals surface area (Å²) in [7, 11) is 2.61. The molecule has 0 nitrogen and oxygen atoms in total. The van der Waals surface area contributed by atoms with Crippen molar-refractivity contribution in [3.63, 3.8) is 0 Å². The van der Waals surface area contributed by atoms with E-state index in [1.54, 1.807) is 0 Å². The molecule has 0 bridgehead atoms. The van der Waals surface area contributed by atoms with Gasteiger partial charge in [0.15, 0.2) is 5.08 Å². The minimum absolute atomic E-state index is 0.596. The monoisotopic (exact) mass is 277 g/mol. The largest absolute Gasteiger partial charge is 0.168 e. The maximum Gasteiger partial charge on any atom is 0.166 e. The Labute approximate surface area is 101 Å². The standard InChI is InChI=1S/C6H12S6/c7-3-9-6-1-2-12(5-10-6)11-4-8/h6H,1-5H2,(H-,7,8)/p+1. The molecule has 2 atom stereocenters. The summed E-state index contributed by atoms with van der Waals surface area (Å²) < 4.78 is 0.812. The molecule has 0 spiro atoms. The summed E-state index contributed by atoms with van der Waals surface area (Å²) in [6, 6.07) is 0. The van der Waals surface area contributed by atoms with E-state index in [0.29, 0.717) is 9.93 Å². The third kappa shape index (κ3) is 4.55. The van der Waals surface area contributed by atoms with Crippen molar-refractivity contribution in [3.8, 4) is 0 Å². The van der Waals surface area contributed by atoms with Crippen molar-refractivity contribution in [1.82, 2.24) is 0 Å². The Hall–Kier alpha value is 2.10. The molecular weight excluding hydrogens is 264 g/mol. The zero-order valence-electron chi connectivity index (χ0n) is 6.64. The van der Waals surface area contributed by atoms with E-state index in [-0.39, 0.29) is 0 Å². The first-order chi connectivity index (χ1) is 5.86. The molecule has 0 aromatic heterocycles. The van der Waals surface area contributed by atoms with Crippen LogP contribution in [0.3, 0.4) is 0 Å². The summed E-state index contributed by atoms with van der Waals surface area (Å²) in [5.41, 5.74) is 0. The van der Waals surface area contributed by atoms with Gasteiger partial charge in [0.1, 0.15) is 16.5 Å². The Kier molecular flexibility index (Phi) is 7.50. The fraction of sp³-hybridized carbons (Fsp3) is 1.00. The van der Waals surface area contributed by atoms with Crippen LogP contribution >= 0.6 is 59.6 Å². The van der Waals surface area contributed by atoms with Gasteiger partial charge in [0.25, 0.3) is 0 Å². The zero-order chi connectivity index (χ0) is 8.81. The molecular formula is C6H13S6+. The molecule has 0 aromatic rings. The second-order valence-corrected chi connectivity index (χ2v) is 10.9. The first kappa shape index (κ1) is 12.2. The van der Waals surface area contributed by atoms with Crippen molar-refractivity contribution in [2.75, 3.05) is 21.0 Å². The van der Waals surface area contributed by atoms with E-state index in [0.717, 1.165) is 14.8 Å². The number of rotatable bonds is 4. The highest BCUT2D eigenvalue weighted by molar-refractivity contribution is 8.76. The van der Waals surface area contributed by atoms with Gasteiger partial charge in [0, 0.05) is 11.5 Å². The lowest BCUT2D eigenvalue weighted by atomic mass is 10.6. The maximum absolute atomic E-state index is 4.24. The van der Waals surface area contributed by atoms with Crippen LogP contribution < -0.4 is 0 Å². The molecule has 1 fully saturated rings. The molecule has 72 valence electrons. The molecule has 0 aliphatic carbocycles. The topological polar surface area (TPSA) is 0 Å². The van der Waals surface area contributed by atoms with Gasteiger partial charge >= 0.3 is 0 Å².